The minimum Gasteiger partial charge on any atom is -0.450 e. The highest BCUT2D eigenvalue weighted by Gasteiger charge is 2.35. The van der Waals surface area contributed by atoms with Gasteiger partial charge >= 0.3 is 0 Å². The first-order valence-electron chi connectivity index (χ1n) is 11.3. The molecule has 0 N–H and O–H groups in total. The molecular weight excluding hydrogens is 432 g/mol. The minimum atomic E-state index is -0.293. The van der Waals surface area contributed by atoms with Crippen molar-refractivity contribution in [3.05, 3.63) is 97.1 Å². The van der Waals surface area contributed by atoms with Crippen molar-refractivity contribution in [2.24, 2.45) is 5.92 Å². The molecule has 0 saturated carbocycles. The summed E-state index contributed by atoms with van der Waals surface area (Å²) in [5, 5.41) is 0.357. The Bertz CT molecular complexity index is 950. The van der Waals surface area contributed by atoms with Gasteiger partial charge in [-0.25, -0.2) is 0 Å². The highest BCUT2D eigenvalue weighted by atomic mass is 32.2. The zero-order chi connectivity index (χ0) is 22.0. The van der Waals surface area contributed by atoms with Crippen LogP contribution in [0, 0.1) is 5.92 Å². The van der Waals surface area contributed by atoms with E-state index in [1.165, 1.54) is 9.79 Å². The Morgan fingerprint density at radius 1 is 0.812 bits per heavy atom. The molecule has 0 radical (unpaired) electrons. The molecule has 1 aliphatic heterocycles. The maximum absolute atomic E-state index is 6.27. The molecule has 0 aliphatic carbocycles. The number of rotatable bonds is 11. The van der Waals surface area contributed by atoms with Gasteiger partial charge in [-0.15, -0.1) is 23.5 Å². The van der Waals surface area contributed by atoms with Gasteiger partial charge in [-0.3, -0.25) is 0 Å². The molecule has 4 heteroatoms. The molecule has 0 amide bonds. The van der Waals surface area contributed by atoms with Crippen LogP contribution >= 0.6 is 23.5 Å². The van der Waals surface area contributed by atoms with Crippen LogP contribution in [0.2, 0.25) is 0 Å². The van der Waals surface area contributed by atoms with Crippen molar-refractivity contribution in [3.63, 3.8) is 0 Å². The molecule has 2 atom stereocenters. The monoisotopic (exact) mass is 462 g/mol. The number of thioether (sulfide) groups is 2. The lowest BCUT2D eigenvalue weighted by molar-refractivity contribution is 0.0115. The second kappa shape index (κ2) is 12.1. The molecule has 2 nitrogen and oxygen atoms in total. The van der Waals surface area contributed by atoms with Gasteiger partial charge in [0.25, 0.3) is 0 Å². The fourth-order valence-electron chi connectivity index (χ4n) is 3.75. The van der Waals surface area contributed by atoms with Gasteiger partial charge < -0.3 is 9.47 Å². The maximum Gasteiger partial charge on any atom is 0.248 e. The second-order valence-corrected chi connectivity index (χ2v) is 10.2. The van der Waals surface area contributed by atoms with E-state index in [0.29, 0.717) is 5.25 Å². The summed E-state index contributed by atoms with van der Waals surface area (Å²) in [6, 6.07) is 29.3. The zero-order valence-corrected chi connectivity index (χ0v) is 20.1. The molecule has 3 aromatic rings. The van der Waals surface area contributed by atoms with Crippen LogP contribution < -0.4 is 9.47 Å². The molecule has 1 aliphatic rings. The molecule has 1 heterocycles. The van der Waals surface area contributed by atoms with Gasteiger partial charge in [0.15, 0.2) is 11.5 Å². The highest BCUT2D eigenvalue weighted by Crippen LogP contribution is 2.41. The van der Waals surface area contributed by atoms with E-state index in [1.807, 2.05) is 47.8 Å². The van der Waals surface area contributed by atoms with Gasteiger partial charge in [0.1, 0.15) is 0 Å². The number of allylic oxidation sites excluding steroid dienone is 1. The summed E-state index contributed by atoms with van der Waals surface area (Å²) in [7, 11) is 0. The van der Waals surface area contributed by atoms with Gasteiger partial charge in [-0.05, 0) is 61.4 Å². The van der Waals surface area contributed by atoms with E-state index in [4.69, 9.17) is 9.47 Å². The first-order chi connectivity index (χ1) is 15.8. The molecule has 3 aromatic carbocycles. The zero-order valence-electron chi connectivity index (χ0n) is 18.4. The summed E-state index contributed by atoms with van der Waals surface area (Å²) in [5.74, 6) is 2.95. The van der Waals surface area contributed by atoms with E-state index in [0.717, 1.165) is 36.5 Å². The number of para-hydroxylation sites is 2. The van der Waals surface area contributed by atoms with E-state index >= 15 is 0 Å². The van der Waals surface area contributed by atoms with Crippen molar-refractivity contribution >= 4 is 23.5 Å². The van der Waals surface area contributed by atoms with Crippen LogP contribution in [0.1, 0.15) is 26.2 Å². The average molecular weight is 463 g/mol. The van der Waals surface area contributed by atoms with Crippen molar-refractivity contribution in [3.8, 4) is 11.5 Å². The molecule has 0 fully saturated rings. The summed E-state index contributed by atoms with van der Waals surface area (Å²) in [6.45, 7) is 2.18. The molecule has 0 spiro atoms. The summed E-state index contributed by atoms with van der Waals surface area (Å²) in [4.78, 5) is 2.62. The van der Waals surface area contributed by atoms with Gasteiger partial charge in [-0.2, -0.15) is 0 Å². The van der Waals surface area contributed by atoms with Crippen LogP contribution in [0.25, 0.3) is 0 Å². The van der Waals surface area contributed by atoms with Gasteiger partial charge in [0, 0.05) is 15.0 Å². The lowest BCUT2D eigenvalue weighted by Gasteiger charge is -2.28. The quantitative estimate of drug-likeness (QED) is 0.163. The molecular formula is C28H30O2S2. The number of hydrogen-bond donors (Lipinski definition) is 0. The van der Waals surface area contributed by atoms with Crippen LogP contribution in [0.5, 0.6) is 11.5 Å². The van der Waals surface area contributed by atoms with Crippen LogP contribution in [-0.2, 0) is 0 Å². The predicted molar refractivity (Wildman–Crippen MR) is 137 cm³/mol. The van der Waals surface area contributed by atoms with Crippen LogP contribution in [0.3, 0.4) is 0 Å². The maximum atomic E-state index is 6.27. The van der Waals surface area contributed by atoms with Crippen molar-refractivity contribution in [2.75, 3.05) is 5.75 Å². The fraction of sp³-hybridized carbons (Fsp3) is 0.286. The third-order valence-corrected chi connectivity index (χ3v) is 7.84. The Morgan fingerprint density at radius 2 is 1.41 bits per heavy atom. The van der Waals surface area contributed by atoms with Crippen molar-refractivity contribution in [1.29, 1.82) is 0 Å². The van der Waals surface area contributed by atoms with E-state index in [-0.39, 0.29) is 12.2 Å². The summed E-state index contributed by atoms with van der Waals surface area (Å²) < 4.78 is 12.5. The molecule has 0 bridgehead atoms. The molecule has 4 rings (SSSR count). The van der Waals surface area contributed by atoms with E-state index < -0.39 is 0 Å². The lowest BCUT2D eigenvalue weighted by Crippen LogP contribution is -2.35. The number of fused-ring (bicyclic) bond motifs is 1. The second-order valence-electron chi connectivity index (χ2n) is 7.74. The number of ether oxygens (including phenoxy) is 2. The molecule has 32 heavy (non-hydrogen) atoms. The van der Waals surface area contributed by atoms with Crippen molar-refractivity contribution in [2.45, 2.75) is 47.5 Å². The van der Waals surface area contributed by atoms with Crippen LogP contribution in [0.4, 0.5) is 0 Å². The minimum absolute atomic E-state index is 0.161. The lowest BCUT2D eigenvalue weighted by atomic mass is 9.99. The van der Waals surface area contributed by atoms with Crippen molar-refractivity contribution in [1.82, 2.24) is 0 Å². The Balaban J connectivity index is 1.48. The number of benzene rings is 3. The molecule has 0 saturated heterocycles. The van der Waals surface area contributed by atoms with E-state index in [2.05, 4.69) is 79.7 Å². The van der Waals surface area contributed by atoms with Gasteiger partial charge in [-0.1, -0.05) is 67.6 Å². The first-order valence-corrected chi connectivity index (χ1v) is 13.2. The standard InChI is InChI=1S/C28H30O2S2/c1-2-3-17-24(28-29-25-18-10-11-19-26(25)30-28)27(32-23-15-8-5-9-16-23)20-12-21-31-22-13-6-4-7-14-22/h3-11,13-19,24,27-28H,2,12,20-21H2,1H3. The number of hydrogen-bond acceptors (Lipinski definition) is 4. The molecule has 0 aromatic heterocycles. The summed E-state index contributed by atoms with van der Waals surface area (Å²) >= 11 is 3.87. The molecule has 166 valence electrons. The summed E-state index contributed by atoms with van der Waals surface area (Å²) in [5.41, 5.74) is 0. The van der Waals surface area contributed by atoms with Crippen molar-refractivity contribution < 1.29 is 9.47 Å². The molecule has 2 unspecified atom stereocenters. The van der Waals surface area contributed by atoms with E-state index in [9.17, 15) is 0 Å². The summed E-state index contributed by atoms with van der Waals surface area (Å²) in [6.07, 6.45) is 7.50. The van der Waals surface area contributed by atoms with E-state index in [1.54, 1.807) is 0 Å². The third kappa shape index (κ3) is 6.36. The Hall–Kier alpha value is -2.30. The van der Waals surface area contributed by atoms with Gasteiger partial charge in [0.2, 0.25) is 6.29 Å². The van der Waals surface area contributed by atoms with Crippen LogP contribution in [0.15, 0.2) is 107 Å². The smallest absolute Gasteiger partial charge is 0.248 e. The third-order valence-electron chi connectivity index (χ3n) is 5.35. The predicted octanol–water partition coefficient (Wildman–Crippen LogP) is 8.10. The van der Waals surface area contributed by atoms with Gasteiger partial charge in [0.05, 0.1) is 5.92 Å². The Morgan fingerprint density at radius 3 is 2.03 bits per heavy atom. The fourth-order valence-corrected chi connectivity index (χ4v) is 5.98. The average Bonchev–Trinajstić information content (AvgIpc) is 3.27. The Kier molecular flexibility index (Phi) is 8.63. The largest absolute Gasteiger partial charge is 0.450 e. The normalized spacial score (nSPS) is 15.2. The topological polar surface area (TPSA) is 18.5 Å². The first kappa shape index (κ1) is 22.9. The highest BCUT2D eigenvalue weighted by molar-refractivity contribution is 8.00. The SMILES string of the molecule is CCC=CC(C1Oc2ccccc2O1)C(CCCSc1ccccc1)Sc1ccccc1. The Labute approximate surface area is 200 Å². The van der Waals surface area contributed by atoms with Crippen LogP contribution in [-0.4, -0.2) is 17.3 Å².